The zero-order valence-corrected chi connectivity index (χ0v) is 14.5. The third kappa shape index (κ3) is 5.41. The first-order valence-corrected chi connectivity index (χ1v) is 8.34. The average Bonchev–Trinajstić information content (AvgIpc) is 2.60. The van der Waals surface area contributed by atoms with Gasteiger partial charge in [-0.15, -0.1) is 0 Å². The Labute approximate surface area is 147 Å². The molecule has 0 unspecified atom stereocenters. The number of hydrogen-bond donors (Lipinski definition) is 1. The quantitative estimate of drug-likeness (QED) is 0.841. The Kier molecular flexibility index (Phi) is 6.69. The minimum Gasteiger partial charge on any atom is -0.355 e. The van der Waals surface area contributed by atoms with Gasteiger partial charge >= 0.3 is 0 Å². The van der Waals surface area contributed by atoms with Gasteiger partial charge in [0.1, 0.15) is 11.9 Å². The molecule has 2 aromatic rings. The van der Waals surface area contributed by atoms with Crippen molar-refractivity contribution in [2.75, 3.05) is 6.54 Å². The van der Waals surface area contributed by atoms with Gasteiger partial charge in [-0.3, -0.25) is 9.59 Å². The SMILES string of the molecule is CCNC(=O)[C@H](Cc1ccccc1)N(Cc1ccc(F)cc1)C(C)=O. The fraction of sp³-hybridized carbons (Fsp3) is 0.300. The van der Waals surface area contributed by atoms with Gasteiger partial charge in [0.15, 0.2) is 0 Å². The highest BCUT2D eigenvalue weighted by molar-refractivity contribution is 5.87. The van der Waals surface area contributed by atoms with Gasteiger partial charge in [-0.05, 0) is 30.2 Å². The molecule has 0 aliphatic heterocycles. The molecule has 0 aliphatic rings. The maximum atomic E-state index is 13.1. The van der Waals surface area contributed by atoms with Crippen LogP contribution in [0.25, 0.3) is 0 Å². The number of amides is 2. The van der Waals surface area contributed by atoms with Gasteiger partial charge in [0.2, 0.25) is 11.8 Å². The predicted molar refractivity (Wildman–Crippen MR) is 95.2 cm³/mol. The van der Waals surface area contributed by atoms with Crippen LogP contribution in [0.1, 0.15) is 25.0 Å². The number of nitrogens with zero attached hydrogens (tertiary/aromatic N) is 1. The lowest BCUT2D eigenvalue weighted by Crippen LogP contribution is -2.49. The molecule has 0 heterocycles. The van der Waals surface area contributed by atoms with Crippen LogP contribution in [0.3, 0.4) is 0 Å². The molecule has 0 radical (unpaired) electrons. The topological polar surface area (TPSA) is 49.4 Å². The fourth-order valence-corrected chi connectivity index (χ4v) is 2.70. The zero-order chi connectivity index (χ0) is 18.2. The van der Waals surface area contributed by atoms with E-state index in [0.717, 1.165) is 11.1 Å². The smallest absolute Gasteiger partial charge is 0.243 e. The van der Waals surface area contributed by atoms with Crippen molar-refractivity contribution in [3.05, 3.63) is 71.5 Å². The molecular formula is C20H23FN2O2. The Bertz CT molecular complexity index is 701. The molecule has 1 N–H and O–H groups in total. The second-order valence-electron chi connectivity index (χ2n) is 5.87. The van der Waals surface area contributed by atoms with E-state index in [9.17, 15) is 14.0 Å². The maximum absolute atomic E-state index is 13.1. The van der Waals surface area contributed by atoms with Gasteiger partial charge in [-0.2, -0.15) is 0 Å². The van der Waals surface area contributed by atoms with Crippen LogP contribution in [0.4, 0.5) is 4.39 Å². The molecule has 5 heteroatoms. The van der Waals surface area contributed by atoms with Crippen LogP contribution in [0.5, 0.6) is 0 Å². The third-order valence-corrected chi connectivity index (χ3v) is 3.97. The molecule has 2 amide bonds. The summed E-state index contributed by atoms with van der Waals surface area (Å²) in [6, 6.07) is 14.9. The van der Waals surface area contributed by atoms with E-state index in [-0.39, 0.29) is 24.2 Å². The Morgan fingerprint density at radius 2 is 1.68 bits per heavy atom. The van der Waals surface area contributed by atoms with E-state index in [1.54, 1.807) is 12.1 Å². The van der Waals surface area contributed by atoms with Crippen LogP contribution in [-0.4, -0.2) is 29.3 Å². The number of hydrogen-bond acceptors (Lipinski definition) is 2. The first kappa shape index (κ1) is 18.6. The molecule has 132 valence electrons. The summed E-state index contributed by atoms with van der Waals surface area (Å²) in [4.78, 5) is 26.3. The van der Waals surface area contributed by atoms with Gasteiger partial charge in [0, 0.05) is 26.4 Å². The Morgan fingerprint density at radius 1 is 1.04 bits per heavy atom. The number of nitrogens with one attached hydrogen (secondary N) is 1. The second-order valence-corrected chi connectivity index (χ2v) is 5.87. The van der Waals surface area contributed by atoms with E-state index in [0.29, 0.717) is 13.0 Å². The average molecular weight is 342 g/mol. The molecular weight excluding hydrogens is 319 g/mol. The van der Waals surface area contributed by atoms with E-state index in [2.05, 4.69) is 5.32 Å². The number of carbonyl (C=O) groups is 2. The molecule has 0 bridgehead atoms. The van der Waals surface area contributed by atoms with Crippen LogP contribution >= 0.6 is 0 Å². The van der Waals surface area contributed by atoms with E-state index in [1.807, 2.05) is 37.3 Å². The van der Waals surface area contributed by atoms with Crippen molar-refractivity contribution in [1.29, 1.82) is 0 Å². The fourth-order valence-electron chi connectivity index (χ4n) is 2.70. The van der Waals surface area contributed by atoms with Crippen LogP contribution in [0, 0.1) is 5.82 Å². The number of rotatable bonds is 7. The largest absolute Gasteiger partial charge is 0.355 e. The summed E-state index contributed by atoms with van der Waals surface area (Å²) in [5.41, 5.74) is 1.75. The molecule has 0 aromatic heterocycles. The number of halogens is 1. The maximum Gasteiger partial charge on any atom is 0.243 e. The van der Waals surface area contributed by atoms with Crippen molar-refractivity contribution >= 4 is 11.8 Å². The number of carbonyl (C=O) groups excluding carboxylic acids is 2. The molecule has 0 saturated heterocycles. The summed E-state index contributed by atoms with van der Waals surface area (Å²) in [7, 11) is 0. The summed E-state index contributed by atoms with van der Waals surface area (Å²) < 4.78 is 13.1. The van der Waals surface area contributed by atoms with Gasteiger partial charge in [-0.25, -0.2) is 4.39 Å². The minimum absolute atomic E-state index is 0.191. The first-order valence-electron chi connectivity index (χ1n) is 8.34. The summed E-state index contributed by atoms with van der Waals surface area (Å²) in [6.45, 7) is 4.03. The van der Waals surface area contributed by atoms with Crippen molar-refractivity contribution in [3.8, 4) is 0 Å². The van der Waals surface area contributed by atoms with Crippen molar-refractivity contribution in [2.45, 2.75) is 32.9 Å². The highest BCUT2D eigenvalue weighted by Gasteiger charge is 2.28. The van der Waals surface area contributed by atoms with Gasteiger partial charge in [0.25, 0.3) is 0 Å². The van der Waals surface area contributed by atoms with E-state index >= 15 is 0 Å². The first-order chi connectivity index (χ1) is 12.0. The standard InChI is InChI=1S/C20H23FN2O2/c1-3-22-20(25)19(13-16-7-5-4-6-8-16)23(15(2)24)14-17-9-11-18(21)12-10-17/h4-12,19H,3,13-14H2,1-2H3,(H,22,25)/t19-/m0/s1. The molecule has 0 saturated carbocycles. The van der Waals surface area contributed by atoms with Crippen molar-refractivity contribution in [2.24, 2.45) is 0 Å². The highest BCUT2D eigenvalue weighted by atomic mass is 19.1. The molecule has 0 fully saturated rings. The summed E-state index contributed by atoms with van der Waals surface area (Å²) in [5, 5.41) is 2.80. The lowest BCUT2D eigenvalue weighted by atomic mass is 10.0. The van der Waals surface area contributed by atoms with Crippen LogP contribution in [0.15, 0.2) is 54.6 Å². The lowest BCUT2D eigenvalue weighted by Gasteiger charge is -2.30. The molecule has 0 spiro atoms. The van der Waals surface area contributed by atoms with E-state index in [4.69, 9.17) is 0 Å². The minimum atomic E-state index is -0.620. The number of benzene rings is 2. The second kappa shape index (κ2) is 8.97. The predicted octanol–water partition coefficient (Wildman–Crippen LogP) is 2.92. The zero-order valence-electron chi connectivity index (χ0n) is 14.5. The van der Waals surface area contributed by atoms with Crippen molar-refractivity contribution in [3.63, 3.8) is 0 Å². The third-order valence-electron chi connectivity index (χ3n) is 3.97. The molecule has 2 aromatic carbocycles. The van der Waals surface area contributed by atoms with Crippen LogP contribution < -0.4 is 5.32 Å². The summed E-state index contributed by atoms with van der Waals surface area (Å²) >= 11 is 0. The molecule has 4 nitrogen and oxygen atoms in total. The Balaban J connectivity index is 2.27. The van der Waals surface area contributed by atoms with Crippen LogP contribution in [-0.2, 0) is 22.6 Å². The molecule has 1 atom stereocenters. The van der Waals surface area contributed by atoms with Crippen LogP contribution in [0.2, 0.25) is 0 Å². The summed E-state index contributed by atoms with van der Waals surface area (Å²) in [6.07, 6.45) is 0.424. The number of likely N-dealkylation sites (N-methyl/N-ethyl adjacent to an activating group) is 1. The Hall–Kier alpha value is -2.69. The molecule has 2 rings (SSSR count). The van der Waals surface area contributed by atoms with Crippen molar-refractivity contribution < 1.29 is 14.0 Å². The molecule has 25 heavy (non-hydrogen) atoms. The highest BCUT2D eigenvalue weighted by Crippen LogP contribution is 2.15. The molecule has 0 aliphatic carbocycles. The van der Waals surface area contributed by atoms with E-state index in [1.165, 1.54) is 24.0 Å². The Morgan fingerprint density at radius 3 is 2.24 bits per heavy atom. The monoisotopic (exact) mass is 342 g/mol. The van der Waals surface area contributed by atoms with E-state index < -0.39 is 6.04 Å². The lowest BCUT2D eigenvalue weighted by molar-refractivity contribution is -0.139. The van der Waals surface area contributed by atoms with Gasteiger partial charge < -0.3 is 10.2 Å². The summed E-state index contributed by atoms with van der Waals surface area (Å²) in [5.74, 6) is -0.720. The van der Waals surface area contributed by atoms with Gasteiger partial charge in [-0.1, -0.05) is 42.5 Å². The normalized spacial score (nSPS) is 11.6. The van der Waals surface area contributed by atoms with Gasteiger partial charge in [0.05, 0.1) is 0 Å². The van der Waals surface area contributed by atoms with Crippen molar-refractivity contribution in [1.82, 2.24) is 10.2 Å².